The molecule has 0 spiro atoms. The van der Waals surface area contributed by atoms with E-state index in [4.69, 9.17) is 14.2 Å². The Hall–Kier alpha value is -3.65. The number of aromatic nitrogens is 1. The molecule has 1 atom stereocenters. The van der Waals surface area contributed by atoms with Crippen LogP contribution in [-0.2, 0) is 9.53 Å². The third-order valence-corrected chi connectivity index (χ3v) is 6.45. The molecule has 3 aromatic rings. The number of hydrogen-bond acceptors (Lipinski definition) is 7. The van der Waals surface area contributed by atoms with Crippen molar-refractivity contribution in [3.63, 3.8) is 0 Å². The lowest BCUT2D eigenvalue weighted by molar-refractivity contribution is -0.136. The summed E-state index contributed by atoms with van der Waals surface area (Å²) in [6.45, 7) is 8.08. The summed E-state index contributed by atoms with van der Waals surface area (Å²) in [5, 5.41) is 0. The average Bonchev–Trinajstić information content (AvgIpc) is 3.14. The summed E-state index contributed by atoms with van der Waals surface area (Å²) in [6, 6.07) is 14.4. The molecule has 0 saturated carbocycles. The molecule has 1 aliphatic heterocycles. The van der Waals surface area contributed by atoms with Gasteiger partial charge in [-0.2, -0.15) is 0 Å². The number of carbonyl (C=O) groups excluding carboxylic acids is 1. The third kappa shape index (κ3) is 4.93. The Balaban J connectivity index is 1.88. The zero-order valence-electron chi connectivity index (χ0n) is 20.4. The highest BCUT2D eigenvalue weighted by molar-refractivity contribution is 7.07. The van der Waals surface area contributed by atoms with Gasteiger partial charge >= 0.3 is 5.97 Å². The van der Waals surface area contributed by atoms with Crippen LogP contribution in [-0.4, -0.2) is 30.4 Å². The van der Waals surface area contributed by atoms with Gasteiger partial charge in [0.05, 0.1) is 41.7 Å². The number of allylic oxidation sites excluding steroid dienone is 1. The fraction of sp³-hybridized carbons (Fsp3) is 0.296. The number of carbonyl (C=O) groups is 1. The summed E-state index contributed by atoms with van der Waals surface area (Å²) < 4.78 is 18.7. The smallest absolute Gasteiger partial charge is 0.338 e. The van der Waals surface area contributed by atoms with Crippen LogP contribution in [0, 0.1) is 0 Å². The zero-order chi connectivity index (χ0) is 25.1. The van der Waals surface area contributed by atoms with Crippen molar-refractivity contribution in [2.75, 3.05) is 13.7 Å². The summed E-state index contributed by atoms with van der Waals surface area (Å²) in [4.78, 5) is 31.5. The van der Waals surface area contributed by atoms with Gasteiger partial charge in [-0.25, -0.2) is 9.79 Å². The average molecular weight is 493 g/mol. The number of ether oxygens (including phenoxy) is 3. The molecule has 35 heavy (non-hydrogen) atoms. The molecule has 0 amide bonds. The Kier molecular flexibility index (Phi) is 7.21. The van der Waals surface area contributed by atoms with Crippen molar-refractivity contribution in [3.8, 4) is 11.5 Å². The van der Waals surface area contributed by atoms with Gasteiger partial charge in [-0.1, -0.05) is 47.7 Å². The molecule has 0 bridgehead atoms. The van der Waals surface area contributed by atoms with Crippen molar-refractivity contribution in [2.45, 2.75) is 39.8 Å². The van der Waals surface area contributed by atoms with Gasteiger partial charge in [-0.3, -0.25) is 9.36 Å². The first-order valence-corrected chi connectivity index (χ1v) is 12.2. The van der Waals surface area contributed by atoms with Crippen molar-refractivity contribution < 1.29 is 19.0 Å². The number of methoxy groups -OCH3 is 1. The molecule has 0 aliphatic carbocycles. The van der Waals surface area contributed by atoms with Crippen molar-refractivity contribution in [3.05, 3.63) is 90.6 Å². The maximum Gasteiger partial charge on any atom is 0.338 e. The van der Waals surface area contributed by atoms with Gasteiger partial charge in [0.2, 0.25) is 0 Å². The molecule has 1 aliphatic rings. The highest BCUT2D eigenvalue weighted by atomic mass is 32.1. The van der Waals surface area contributed by atoms with E-state index >= 15 is 0 Å². The summed E-state index contributed by atoms with van der Waals surface area (Å²) in [7, 11) is 1.33. The van der Waals surface area contributed by atoms with Crippen molar-refractivity contribution >= 4 is 23.4 Å². The molecule has 0 saturated heterocycles. The van der Waals surface area contributed by atoms with Gasteiger partial charge in [-0.05, 0) is 57.0 Å². The molecule has 1 aromatic heterocycles. The van der Waals surface area contributed by atoms with Crippen LogP contribution in [0.4, 0.5) is 0 Å². The summed E-state index contributed by atoms with van der Waals surface area (Å²) in [6.07, 6.45) is 1.82. The molecule has 182 valence electrons. The number of fused-ring (bicyclic) bond motifs is 1. The van der Waals surface area contributed by atoms with Crippen LogP contribution in [0.1, 0.15) is 44.9 Å². The molecule has 1 unspecified atom stereocenters. The van der Waals surface area contributed by atoms with E-state index in [2.05, 4.69) is 4.99 Å². The molecule has 2 heterocycles. The Morgan fingerprint density at radius 1 is 1.17 bits per heavy atom. The van der Waals surface area contributed by atoms with E-state index in [1.807, 2.05) is 75.4 Å². The second kappa shape index (κ2) is 10.3. The second-order valence-corrected chi connectivity index (χ2v) is 9.30. The number of nitrogens with zero attached hydrogens (tertiary/aromatic N) is 2. The van der Waals surface area contributed by atoms with E-state index in [1.165, 1.54) is 18.4 Å². The highest BCUT2D eigenvalue weighted by Gasteiger charge is 2.32. The molecule has 7 nitrogen and oxygen atoms in total. The van der Waals surface area contributed by atoms with Crippen molar-refractivity contribution in [1.82, 2.24) is 4.57 Å². The molecular weight excluding hydrogens is 464 g/mol. The van der Waals surface area contributed by atoms with E-state index in [-0.39, 0.29) is 11.7 Å². The van der Waals surface area contributed by atoms with Gasteiger partial charge in [0.1, 0.15) is 0 Å². The van der Waals surface area contributed by atoms with E-state index in [0.717, 1.165) is 11.1 Å². The van der Waals surface area contributed by atoms with Crippen LogP contribution >= 0.6 is 11.3 Å². The van der Waals surface area contributed by atoms with Gasteiger partial charge in [0.25, 0.3) is 5.56 Å². The minimum atomic E-state index is -0.622. The SMILES string of the molecule is CCOc1cc(C=c2sc3n(c2=O)C(c2ccccc2)C(C(=O)OC)=C(C)N=3)ccc1OC(C)C. The first-order valence-electron chi connectivity index (χ1n) is 11.4. The minimum absolute atomic E-state index is 0.00831. The van der Waals surface area contributed by atoms with E-state index in [0.29, 0.717) is 38.7 Å². The molecule has 8 heteroatoms. The van der Waals surface area contributed by atoms with Gasteiger partial charge in [0.15, 0.2) is 16.3 Å². The number of esters is 1. The van der Waals surface area contributed by atoms with Crippen molar-refractivity contribution in [1.29, 1.82) is 0 Å². The van der Waals surface area contributed by atoms with Crippen LogP contribution in [0.2, 0.25) is 0 Å². The number of hydrogen-bond donors (Lipinski definition) is 0. The highest BCUT2D eigenvalue weighted by Crippen LogP contribution is 2.31. The lowest BCUT2D eigenvalue weighted by Crippen LogP contribution is -2.39. The lowest BCUT2D eigenvalue weighted by atomic mass is 9.96. The van der Waals surface area contributed by atoms with Gasteiger partial charge in [0, 0.05) is 0 Å². The topological polar surface area (TPSA) is 79.1 Å². The number of benzene rings is 2. The monoisotopic (exact) mass is 492 g/mol. The normalized spacial score (nSPS) is 15.6. The molecule has 0 radical (unpaired) electrons. The fourth-order valence-corrected chi connectivity index (χ4v) is 5.08. The summed E-state index contributed by atoms with van der Waals surface area (Å²) in [5.74, 6) is 0.771. The largest absolute Gasteiger partial charge is 0.490 e. The molecule has 0 fully saturated rings. The molecule has 2 aromatic carbocycles. The Bertz CT molecular complexity index is 1450. The van der Waals surface area contributed by atoms with Crippen LogP contribution in [0.5, 0.6) is 11.5 Å². The maximum atomic E-state index is 13.6. The Morgan fingerprint density at radius 2 is 1.91 bits per heavy atom. The van der Waals surface area contributed by atoms with Crippen LogP contribution < -0.4 is 24.4 Å². The fourth-order valence-electron chi connectivity index (χ4n) is 4.03. The maximum absolute atomic E-state index is 13.6. The van der Waals surface area contributed by atoms with Crippen LogP contribution in [0.15, 0.2) is 69.6 Å². The van der Waals surface area contributed by atoms with Crippen LogP contribution in [0.3, 0.4) is 0 Å². The molecular formula is C27H28N2O5S. The first kappa shape index (κ1) is 24.5. The molecule has 0 N–H and O–H groups in total. The summed E-state index contributed by atoms with van der Waals surface area (Å²) >= 11 is 1.28. The van der Waals surface area contributed by atoms with E-state index in [9.17, 15) is 9.59 Å². The Labute approximate surface area is 207 Å². The molecule has 4 rings (SSSR count). The number of thiazole rings is 1. The van der Waals surface area contributed by atoms with Crippen LogP contribution in [0.25, 0.3) is 6.08 Å². The predicted octanol–water partition coefficient (Wildman–Crippen LogP) is 3.59. The Morgan fingerprint density at radius 3 is 2.57 bits per heavy atom. The first-order chi connectivity index (χ1) is 16.8. The summed E-state index contributed by atoms with van der Waals surface area (Å²) in [5.41, 5.74) is 2.27. The zero-order valence-corrected chi connectivity index (χ0v) is 21.2. The quantitative estimate of drug-likeness (QED) is 0.471. The minimum Gasteiger partial charge on any atom is -0.490 e. The van der Waals surface area contributed by atoms with Crippen molar-refractivity contribution in [2.24, 2.45) is 4.99 Å². The van der Waals surface area contributed by atoms with Gasteiger partial charge < -0.3 is 14.2 Å². The lowest BCUT2D eigenvalue weighted by Gasteiger charge is -2.24. The standard InChI is InChI=1S/C27H28N2O5S/c1-6-33-21-14-18(12-13-20(21)34-16(2)3)15-22-25(30)29-24(19-10-8-7-9-11-19)23(26(31)32-5)17(4)28-27(29)35-22/h7-16,24H,6H2,1-5H3. The van der Waals surface area contributed by atoms with E-state index in [1.54, 1.807) is 11.5 Å². The number of rotatable bonds is 7. The van der Waals surface area contributed by atoms with E-state index < -0.39 is 12.0 Å². The predicted molar refractivity (Wildman–Crippen MR) is 136 cm³/mol. The van der Waals surface area contributed by atoms with Gasteiger partial charge in [-0.15, -0.1) is 0 Å². The second-order valence-electron chi connectivity index (χ2n) is 8.29. The third-order valence-electron chi connectivity index (χ3n) is 5.47.